The van der Waals surface area contributed by atoms with Crippen LogP contribution in [0, 0.1) is 11.8 Å². The van der Waals surface area contributed by atoms with E-state index in [1.807, 2.05) is 24.3 Å². The molecule has 7 atom stereocenters. The lowest BCUT2D eigenvalue weighted by molar-refractivity contribution is -0.152. The number of aliphatic hydroxyl groups excluding tert-OH is 3. The standard InChI is InChI=1S/C18H22O6/c19-13(18-22-9-10-3-1-2-4-15(10)24-18)6-5-11-12-7-17(21)23-16(12)8-14(11)20/h1-6,11-14,16-21H,7-9H2/t11-,12-,13+,14-,16+,17?,18+/m1/s1. The molecule has 1 aliphatic carbocycles. The van der Waals surface area contributed by atoms with Crippen molar-refractivity contribution in [2.45, 2.75) is 50.3 Å². The molecule has 6 nitrogen and oxygen atoms in total. The van der Waals surface area contributed by atoms with E-state index < -0.39 is 24.8 Å². The van der Waals surface area contributed by atoms with Crippen molar-refractivity contribution in [2.24, 2.45) is 11.8 Å². The van der Waals surface area contributed by atoms with Gasteiger partial charge in [0.05, 0.1) is 18.8 Å². The SMILES string of the molecule is OC1C[C@@H]2[C@@H](C=C[C@H](O)[C@H]3OCc4ccccc4O3)[C@H](O)C[C@@H]2O1. The van der Waals surface area contributed by atoms with E-state index >= 15 is 0 Å². The monoisotopic (exact) mass is 334 g/mol. The van der Waals surface area contributed by atoms with Gasteiger partial charge in [0, 0.05) is 24.3 Å². The Kier molecular flexibility index (Phi) is 4.32. The average Bonchev–Trinajstić information content (AvgIpc) is 3.07. The highest BCUT2D eigenvalue weighted by molar-refractivity contribution is 5.33. The number of ether oxygens (including phenoxy) is 3. The molecule has 1 saturated carbocycles. The largest absolute Gasteiger partial charge is 0.461 e. The zero-order chi connectivity index (χ0) is 16.7. The van der Waals surface area contributed by atoms with Crippen molar-refractivity contribution in [1.29, 1.82) is 0 Å². The fourth-order valence-corrected chi connectivity index (χ4v) is 3.90. The van der Waals surface area contributed by atoms with Crippen LogP contribution in [0.5, 0.6) is 5.75 Å². The second-order valence-electron chi connectivity index (χ2n) is 6.69. The van der Waals surface area contributed by atoms with Crippen molar-refractivity contribution in [1.82, 2.24) is 0 Å². The van der Waals surface area contributed by atoms with Crippen LogP contribution in [0.2, 0.25) is 0 Å². The van der Waals surface area contributed by atoms with Gasteiger partial charge in [-0.05, 0) is 12.0 Å². The summed E-state index contributed by atoms with van der Waals surface area (Å²) in [7, 11) is 0. The third-order valence-electron chi connectivity index (χ3n) is 5.12. The Bertz CT molecular complexity index is 617. The number of fused-ring (bicyclic) bond motifs is 2. The lowest BCUT2D eigenvalue weighted by atomic mass is 9.91. The molecule has 3 aliphatic rings. The molecular weight excluding hydrogens is 312 g/mol. The zero-order valence-electron chi connectivity index (χ0n) is 13.2. The van der Waals surface area contributed by atoms with Crippen LogP contribution in [0.1, 0.15) is 18.4 Å². The van der Waals surface area contributed by atoms with Crippen LogP contribution in [0.25, 0.3) is 0 Å². The van der Waals surface area contributed by atoms with Crippen molar-refractivity contribution in [3.63, 3.8) is 0 Å². The Morgan fingerprint density at radius 1 is 1.17 bits per heavy atom. The summed E-state index contributed by atoms with van der Waals surface area (Å²) in [4.78, 5) is 0. The predicted octanol–water partition coefficient (Wildman–Crippen LogP) is 0.943. The highest BCUT2D eigenvalue weighted by atomic mass is 16.7. The van der Waals surface area contributed by atoms with E-state index in [9.17, 15) is 15.3 Å². The molecule has 3 N–H and O–H groups in total. The van der Waals surface area contributed by atoms with Gasteiger partial charge in [-0.3, -0.25) is 0 Å². The number of hydrogen-bond donors (Lipinski definition) is 3. The van der Waals surface area contributed by atoms with Crippen molar-refractivity contribution < 1.29 is 29.5 Å². The van der Waals surface area contributed by atoms with E-state index in [0.717, 1.165) is 11.3 Å². The lowest BCUT2D eigenvalue weighted by Gasteiger charge is -2.28. The van der Waals surface area contributed by atoms with E-state index in [1.165, 1.54) is 0 Å². The number of benzene rings is 1. The minimum absolute atomic E-state index is 0.0763. The van der Waals surface area contributed by atoms with Crippen LogP contribution in [0.15, 0.2) is 36.4 Å². The fourth-order valence-electron chi connectivity index (χ4n) is 3.90. The van der Waals surface area contributed by atoms with Gasteiger partial charge >= 0.3 is 0 Å². The molecule has 1 unspecified atom stereocenters. The first kappa shape index (κ1) is 16.1. The Morgan fingerprint density at radius 3 is 2.88 bits per heavy atom. The average molecular weight is 334 g/mol. The molecular formula is C18H22O6. The van der Waals surface area contributed by atoms with Crippen LogP contribution >= 0.6 is 0 Å². The Morgan fingerprint density at radius 2 is 2.00 bits per heavy atom. The highest BCUT2D eigenvalue weighted by Crippen LogP contribution is 2.43. The quantitative estimate of drug-likeness (QED) is 0.713. The number of rotatable bonds is 3. The summed E-state index contributed by atoms with van der Waals surface area (Å²) in [5, 5.41) is 30.1. The second kappa shape index (κ2) is 6.46. The topological polar surface area (TPSA) is 88.4 Å². The van der Waals surface area contributed by atoms with Gasteiger partial charge in [-0.25, -0.2) is 0 Å². The Hall–Kier alpha value is -1.44. The van der Waals surface area contributed by atoms with E-state index in [2.05, 4.69) is 0 Å². The molecule has 6 heteroatoms. The summed E-state index contributed by atoms with van der Waals surface area (Å²) >= 11 is 0. The highest BCUT2D eigenvalue weighted by Gasteiger charge is 2.47. The maximum absolute atomic E-state index is 10.3. The molecule has 0 bridgehead atoms. The first-order chi connectivity index (χ1) is 11.6. The first-order valence-electron chi connectivity index (χ1n) is 8.36. The minimum Gasteiger partial charge on any atom is -0.461 e. The van der Waals surface area contributed by atoms with Gasteiger partial charge in [-0.2, -0.15) is 0 Å². The summed E-state index contributed by atoms with van der Waals surface area (Å²) < 4.78 is 16.6. The number of hydrogen-bond acceptors (Lipinski definition) is 6. The third kappa shape index (κ3) is 2.96. The molecule has 2 fully saturated rings. The summed E-state index contributed by atoms with van der Waals surface area (Å²) in [6.45, 7) is 0.391. The van der Waals surface area contributed by atoms with Gasteiger partial charge in [0.25, 0.3) is 0 Å². The molecule has 0 radical (unpaired) electrons. The maximum atomic E-state index is 10.3. The Labute approximate surface area is 140 Å². The van der Waals surface area contributed by atoms with Crippen molar-refractivity contribution in [2.75, 3.05) is 0 Å². The van der Waals surface area contributed by atoms with Crippen LogP contribution in [-0.2, 0) is 16.1 Å². The molecule has 0 aromatic heterocycles. The van der Waals surface area contributed by atoms with Gasteiger partial charge in [-0.1, -0.05) is 30.4 Å². The molecule has 4 rings (SSSR count). The number of para-hydroxylation sites is 1. The van der Waals surface area contributed by atoms with Crippen LogP contribution < -0.4 is 4.74 Å². The number of aliphatic hydroxyl groups is 3. The smallest absolute Gasteiger partial charge is 0.230 e. The molecule has 1 saturated heterocycles. The Balaban J connectivity index is 1.41. The second-order valence-corrected chi connectivity index (χ2v) is 6.69. The molecule has 2 aliphatic heterocycles. The summed E-state index contributed by atoms with van der Waals surface area (Å²) in [5.74, 6) is 0.652. The summed E-state index contributed by atoms with van der Waals surface area (Å²) in [6, 6.07) is 7.57. The van der Waals surface area contributed by atoms with Crippen molar-refractivity contribution in [3.05, 3.63) is 42.0 Å². The zero-order valence-corrected chi connectivity index (χ0v) is 13.2. The van der Waals surface area contributed by atoms with Gasteiger partial charge in [-0.15, -0.1) is 0 Å². The van der Waals surface area contributed by atoms with Crippen molar-refractivity contribution in [3.8, 4) is 5.75 Å². The van der Waals surface area contributed by atoms with Crippen LogP contribution in [0.3, 0.4) is 0 Å². The van der Waals surface area contributed by atoms with E-state index in [-0.39, 0.29) is 17.9 Å². The van der Waals surface area contributed by atoms with Crippen molar-refractivity contribution >= 4 is 0 Å². The van der Waals surface area contributed by atoms with Gasteiger partial charge in [0.15, 0.2) is 6.29 Å². The molecule has 1 aromatic rings. The van der Waals surface area contributed by atoms with Crippen LogP contribution in [0.4, 0.5) is 0 Å². The predicted molar refractivity (Wildman–Crippen MR) is 83.9 cm³/mol. The van der Waals surface area contributed by atoms with Gasteiger partial charge in [0.2, 0.25) is 6.29 Å². The van der Waals surface area contributed by atoms with Gasteiger partial charge < -0.3 is 29.5 Å². The molecule has 130 valence electrons. The summed E-state index contributed by atoms with van der Waals surface area (Å²) in [6.07, 6.45) is 1.34. The normalized spacial score (nSPS) is 39.5. The van der Waals surface area contributed by atoms with E-state index in [0.29, 0.717) is 19.4 Å². The molecule has 1 aromatic carbocycles. The molecule has 0 amide bonds. The minimum atomic E-state index is -0.933. The van der Waals surface area contributed by atoms with E-state index in [4.69, 9.17) is 14.2 Å². The van der Waals surface area contributed by atoms with Gasteiger partial charge in [0.1, 0.15) is 11.9 Å². The van der Waals surface area contributed by atoms with Crippen LogP contribution in [-0.4, -0.2) is 46.2 Å². The fraction of sp³-hybridized carbons (Fsp3) is 0.556. The van der Waals surface area contributed by atoms with E-state index in [1.54, 1.807) is 12.2 Å². The molecule has 24 heavy (non-hydrogen) atoms. The first-order valence-corrected chi connectivity index (χ1v) is 8.36. The maximum Gasteiger partial charge on any atom is 0.230 e. The molecule has 2 heterocycles. The molecule has 0 spiro atoms. The summed E-state index contributed by atoms with van der Waals surface area (Å²) in [5.41, 5.74) is 0.955. The third-order valence-corrected chi connectivity index (χ3v) is 5.12. The lowest BCUT2D eigenvalue weighted by Crippen LogP contribution is -2.36.